The largest absolute Gasteiger partial charge is 0.478 e. The number of carbonyl (C=O) groups is 1. The number of carboxylic acid groups (broad SMARTS) is 1. The third kappa shape index (κ3) is 1.53. The van der Waals surface area contributed by atoms with Crippen molar-refractivity contribution in [2.45, 2.75) is 0 Å². The highest BCUT2D eigenvalue weighted by Gasteiger charge is 2.15. The molecule has 3 aromatic heterocycles. The standard InChI is InChI=1S/C13H9N3O2/c17-13(18)10-8-11(9-2-5-14-6-3-9)16-7-1-4-15-12(10)16/h1-8H,(H,17,18). The molecule has 3 aromatic rings. The second-order valence-electron chi connectivity index (χ2n) is 3.80. The number of nitrogens with zero attached hydrogens (tertiary/aromatic N) is 3. The Morgan fingerprint density at radius 1 is 1.22 bits per heavy atom. The van der Waals surface area contributed by atoms with Crippen LogP contribution in [0.4, 0.5) is 0 Å². The first kappa shape index (κ1) is 10.5. The third-order valence-electron chi connectivity index (χ3n) is 2.73. The molecule has 5 heteroatoms. The molecule has 1 N–H and O–H groups in total. The average Bonchev–Trinajstić information content (AvgIpc) is 2.79. The summed E-state index contributed by atoms with van der Waals surface area (Å²) in [6, 6.07) is 7.06. The smallest absolute Gasteiger partial charge is 0.339 e. The van der Waals surface area contributed by atoms with Gasteiger partial charge < -0.3 is 9.51 Å². The highest BCUT2D eigenvalue weighted by Crippen LogP contribution is 2.24. The lowest BCUT2D eigenvalue weighted by molar-refractivity contribution is 0.0699. The van der Waals surface area contributed by atoms with E-state index in [1.54, 1.807) is 41.3 Å². The molecule has 3 heterocycles. The lowest BCUT2D eigenvalue weighted by Crippen LogP contribution is -1.96. The molecule has 18 heavy (non-hydrogen) atoms. The van der Waals surface area contributed by atoms with Gasteiger partial charge in [0.25, 0.3) is 0 Å². The Morgan fingerprint density at radius 3 is 2.72 bits per heavy atom. The summed E-state index contributed by atoms with van der Waals surface area (Å²) >= 11 is 0. The summed E-state index contributed by atoms with van der Waals surface area (Å²) in [4.78, 5) is 19.3. The van der Waals surface area contributed by atoms with Gasteiger partial charge in [-0.15, -0.1) is 0 Å². The van der Waals surface area contributed by atoms with Gasteiger partial charge in [0.05, 0.1) is 5.69 Å². The van der Waals surface area contributed by atoms with Crippen LogP contribution in [0.5, 0.6) is 0 Å². The van der Waals surface area contributed by atoms with Crippen LogP contribution in [0.25, 0.3) is 16.9 Å². The number of aromatic carboxylic acids is 1. The Morgan fingerprint density at radius 2 is 2.00 bits per heavy atom. The molecule has 0 aliphatic rings. The molecule has 0 saturated heterocycles. The van der Waals surface area contributed by atoms with Crippen LogP contribution in [0.2, 0.25) is 0 Å². The minimum atomic E-state index is -0.980. The molecule has 5 nitrogen and oxygen atoms in total. The molecule has 0 aliphatic heterocycles. The molecular formula is C13H9N3O2. The van der Waals surface area contributed by atoms with Crippen molar-refractivity contribution in [1.82, 2.24) is 14.4 Å². The maximum absolute atomic E-state index is 11.2. The van der Waals surface area contributed by atoms with E-state index >= 15 is 0 Å². The van der Waals surface area contributed by atoms with Gasteiger partial charge in [0, 0.05) is 30.4 Å². The fourth-order valence-corrected chi connectivity index (χ4v) is 1.94. The quantitative estimate of drug-likeness (QED) is 0.743. The number of hydrogen-bond acceptors (Lipinski definition) is 3. The summed E-state index contributed by atoms with van der Waals surface area (Å²) in [5.41, 5.74) is 2.33. The van der Waals surface area contributed by atoms with E-state index in [9.17, 15) is 9.90 Å². The van der Waals surface area contributed by atoms with Crippen molar-refractivity contribution in [3.05, 3.63) is 54.6 Å². The van der Waals surface area contributed by atoms with E-state index < -0.39 is 5.97 Å². The summed E-state index contributed by atoms with van der Waals surface area (Å²) in [6.07, 6.45) is 6.72. The second kappa shape index (κ2) is 3.96. The minimum Gasteiger partial charge on any atom is -0.478 e. The van der Waals surface area contributed by atoms with E-state index in [-0.39, 0.29) is 5.56 Å². The van der Waals surface area contributed by atoms with E-state index in [1.165, 1.54) is 0 Å². The number of pyridine rings is 1. The van der Waals surface area contributed by atoms with Crippen molar-refractivity contribution < 1.29 is 9.90 Å². The van der Waals surface area contributed by atoms with Gasteiger partial charge >= 0.3 is 5.97 Å². The molecule has 0 aromatic carbocycles. The monoisotopic (exact) mass is 239 g/mol. The summed E-state index contributed by atoms with van der Waals surface area (Å²) in [5.74, 6) is -0.980. The van der Waals surface area contributed by atoms with Crippen molar-refractivity contribution in [1.29, 1.82) is 0 Å². The van der Waals surface area contributed by atoms with Gasteiger partial charge in [0.2, 0.25) is 0 Å². The van der Waals surface area contributed by atoms with E-state index in [0.717, 1.165) is 11.3 Å². The lowest BCUT2D eigenvalue weighted by atomic mass is 10.2. The molecule has 88 valence electrons. The molecule has 0 unspecified atom stereocenters. The van der Waals surface area contributed by atoms with Crippen molar-refractivity contribution in [3.63, 3.8) is 0 Å². The number of rotatable bonds is 2. The van der Waals surface area contributed by atoms with Crippen LogP contribution >= 0.6 is 0 Å². The molecule has 0 amide bonds. The minimum absolute atomic E-state index is 0.197. The highest BCUT2D eigenvalue weighted by atomic mass is 16.4. The van der Waals surface area contributed by atoms with Gasteiger partial charge in [0.1, 0.15) is 5.56 Å². The van der Waals surface area contributed by atoms with Gasteiger partial charge in [-0.1, -0.05) is 0 Å². The van der Waals surface area contributed by atoms with Gasteiger partial charge in [-0.3, -0.25) is 4.98 Å². The van der Waals surface area contributed by atoms with Crippen LogP contribution in [0.1, 0.15) is 10.4 Å². The fraction of sp³-hybridized carbons (Fsp3) is 0. The maximum Gasteiger partial charge on any atom is 0.339 e. The Hall–Kier alpha value is -2.69. The Bertz CT molecular complexity index is 719. The number of hydrogen-bond donors (Lipinski definition) is 1. The molecule has 0 radical (unpaired) electrons. The van der Waals surface area contributed by atoms with E-state index in [2.05, 4.69) is 9.97 Å². The van der Waals surface area contributed by atoms with Crippen LogP contribution in [0.15, 0.2) is 49.1 Å². The zero-order valence-corrected chi connectivity index (χ0v) is 9.32. The number of carboxylic acids is 1. The molecule has 3 rings (SSSR count). The average molecular weight is 239 g/mol. The van der Waals surface area contributed by atoms with Crippen molar-refractivity contribution in [2.75, 3.05) is 0 Å². The first-order valence-electron chi connectivity index (χ1n) is 5.37. The first-order valence-corrected chi connectivity index (χ1v) is 5.37. The Labute approximate surface area is 102 Å². The second-order valence-corrected chi connectivity index (χ2v) is 3.80. The summed E-state index contributed by atoms with van der Waals surface area (Å²) in [6.45, 7) is 0. The van der Waals surface area contributed by atoms with Gasteiger partial charge in [-0.2, -0.15) is 0 Å². The van der Waals surface area contributed by atoms with Crippen molar-refractivity contribution in [3.8, 4) is 11.3 Å². The Kier molecular flexibility index (Phi) is 2.30. The van der Waals surface area contributed by atoms with E-state index in [1.807, 2.05) is 12.1 Å². The predicted molar refractivity (Wildman–Crippen MR) is 65.4 cm³/mol. The zero-order chi connectivity index (χ0) is 12.5. The van der Waals surface area contributed by atoms with Crippen LogP contribution < -0.4 is 0 Å². The summed E-state index contributed by atoms with van der Waals surface area (Å²) < 4.78 is 1.76. The molecular weight excluding hydrogens is 230 g/mol. The Balaban J connectivity index is 2.34. The van der Waals surface area contributed by atoms with E-state index in [0.29, 0.717) is 5.65 Å². The van der Waals surface area contributed by atoms with Gasteiger partial charge in [-0.25, -0.2) is 9.78 Å². The first-order chi connectivity index (χ1) is 8.77. The summed E-state index contributed by atoms with van der Waals surface area (Å²) in [5, 5.41) is 9.18. The van der Waals surface area contributed by atoms with Crippen LogP contribution in [0.3, 0.4) is 0 Å². The van der Waals surface area contributed by atoms with Crippen molar-refractivity contribution >= 4 is 11.6 Å². The molecule has 0 aliphatic carbocycles. The van der Waals surface area contributed by atoms with E-state index in [4.69, 9.17) is 0 Å². The molecule has 0 saturated carbocycles. The molecule has 0 spiro atoms. The maximum atomic E-state index is 11.2. The molecule has 0 fully saturated rings. The topological polar surface area (TPSA) is 67.5 Å². The third-order valence-corrected chi connectivity index (χ3v) is 2.73. The summed E-state index contributed by atoms with van der Waals surface area (Å²) in [7, 11) is 0. The highest BCUT2D eigenvalue weighted by molar-refractivity contribution is 5.97. The van der Waals surface area contributed by atoms with Crippen LogP contribution in [-0.2, 0) is 0 Å². The van der Waals surface area contributed by atoms with Crippen molar-refractivity contribution in [2.24, 2.45) is 0 Å². The van der Waals surface area contributed by atoms with Gasteiger partial charge in [0.15, 0.2) is 5.65 Å². The van der Waals surface area contributed by atoms with Crippen LogP contribution in [-0.4, -0.2) is 25.4 Å². The molecule has 0 atom stereocenters. The van der Waals surface area contributed by atoms with Gasteiger partial charge in [-0.05, 0) is 24.3 Å². The number of aromatic nitrogens is 3. The molecule has 0 bridgehead atoms. The predicted octanol–water partition coefficient (Wildman–Crippen LogP) is 2.09. The fourth-order valence-electron chi connectivity index (χ4n) is 1.94. The zero-order valence-electron chi connectivity index (χ0n) is 9.32. The van der Waals surface area contributed by atoms with Crippen LogP contribution in [0, 0.1) is 0 Å². The normalized spacial score (nSPS) is 10.7. The SMILES string of the molecule is O=C(O)c1cc(-c2ccncc2)n2cccnc12. The lowest BCUT2D eigenvalue weighted by Gasteiger charge is -2.01. The number of fused-ring (bicyclic) bond motifs is 1.